The molecule has 0 radical (unpaired) electrons. The van der Waals surface area contributed by atoms with Crippen molar-refractivity contribution in [3.63, 3.8) is 0 Å². The van der Waals surface area contributed by atoms with Crippen LogP contribution in [0.5, 0.6) is 5.75 Å². The van der Waals surface area contributed by atoms with E-state index in [1.165, 1.54) is 7.11 Å². The summed E-state index contributed by atoms with van der Waals surface area (Å²) in [5, 5.41) is 0. The molecule has 0 aromatic heterocycles. The second-order valence-electron chi connectivity index (χ2n) is 3.77. The SMILES string of the molecule is COc1ccc(COC(CCN)C(F)(F)F)cc1. The Bertz CT molecular complexity index is 351. The molecule has 0 bridgehead atoms. The maximum atomic E-state index is 12.5. The van der Waals surface area contributed by atoms with Crippen molar-refractivity contribution >= 4 is 0 Å². The highest BCUT2D eigenvalue weighted by Gasteiger charge is 2.39. The van der Waals surface area contributed by atoms with Gasteiger partial charge in [0.15, 0.2) is 6.10 Å². The standard InChI is InChI=1S/C12H16F3NO2/c1-17-10-4-2-9(3-5-10)8-18-11(6-7-16)12(13,14)15/h2-5,11H,6-8,16H2,1H3. The van der Waals surface area contributed by atoms with Gasteiger partial charge in [-0.05, 0) is 30.7 Å². The molecule has 0 aliphatic carbocycles. The Balaban J connectivity index is 2.55. The zero-order chi connectivity index (χ0) is 13.6. The maximum absolute atomic E-state index is 12.5. The van der Waals surface area contributed by atoms with E-state index in [9.17, 15) is 13.2 Å². The summed E-state index contributed by atoms with van der Waals surface area (Å²) in [5.74, 6) is 0.646. The largest absolute Gasteiger partial charge is 0.497 e. The number of hydrogen-bond acceptors (Lipinski definition) is 3. The Kier molecular flexibility index (Phi) is 5.43. The molecule has 1 atom stereocenters. The molecule has 2 N–H and O–H groups in total. The lowest BCUT2D eigenvalue weighted by atomic mass is 10.2. The second-order valence-corrected chi connectivity index (χ2v) is 3.77. The summed E-state index contributed by atoms with van der Waals surface area (Å²) < 4.78 is 47.4. The van der Waals surface area contributed by atoms with E-state index in [2.05, 4.69) is 0 Å². The fourth-order valence-corrected chi connectivity index (χ4v) is 1.41. The van der Waals surface area contributed by atoms with Gasteiger partial charge in [-0.15, -0.1) is 0 Å². The fourth-order valence-electron chi connectivity index (χ4n) is 1.41. The van der Waals surface area contributed by atoms with Gasteiger partial charge in [0, 0.05) is 0 Å². The van der Waals surface area contributed by atoms with Crippen LogP contribution in [0.1, 0.15) is 12.0 Å². The molecule has 1 rings (SSSR count). The fraction of sp³-hybridized carbons (Fsp3) is 0.500. The van der Waals surface area contributed by atoms with Crippen molar-refractivity contribution in [1.82, 2.24) is 0 Å². The minimum Gasteiger partial charge on any atom is -0.497 e. The Morgan fingerprint density at radius 3 is 2.28 bits per heavy atom. The van der Waals surface area contributed by atoms with Gasteiger partial charge in [0.1, 0.15) is 5.75 Å². The molecule has 0 aliphatic rings. The number of alkyl halides is 3. The second kappa shape index (κ2) is 6.61. The van der Waals surface area contributed by atoms with Crippen molar-refractivity contribution in [2.45, 2.75) is 25.3 Å². The normalized spacial score (nSPS) is 13.4. The monoisotopic (exact) mass is 263 g/mol. The third-order valence-corrected chi connectivity index (χ3v) is 2.40. The lowest BCUT2D eigenvalue weighted by Gasteiger charge is -2.20. The van der Waals surface area contributed by atoms with E-state index in [1.807, 2.05) is 0 Å². The van der Waals surface area contributed by atoms with Crippen molar-refractivity contribution in [2.24, 2.45) is 5.73 Å². The van der Waals surface area contributed by atoms with Gasteiger partial charge in [0.25, 0.3) is 0 Å². The van der Waals surface area contributed by atoms with Gasteiger partial charge in [-0.3, -0.25) is 0 Å². The van der Waals surface area contributed by atoms with Gasteiger partial charge in [0.2, 0.25) is 0 Å². The van der Waals surface area contributed by atoms with Crippen molar-refractivity contribution in [3.8, 4) is 5.75 Å². The van der Waals surface area contributed by atoms with Gasteiger partial charge >= 0.3 is 6.18 Å². The van der Waals surface area contributed by atoms with Crippen LogP contribution in [0.2, 0.25) is 0 Å². The summed E-state index contributed by atoms with van der Waals surface area (Å²) in [4.78, 5) is 0. The molecule has 1 aromatic rings. The van der Waals surface area contributed by atoms with Crippen molar-refractivity contribution in [3.05, 3.63) is 29.8 Å². The predicted molar refractivity (Wildman–Crippen MR) is 61.3 cm³/mol. The lowest BCUT2D eigenvalue weighted by Crippen LogP contribution is -2.33. The van der Waals surface area contributed by atoms with Crippen LogP contribution in [0.25, 0.3) is 0 Å². The zero-order valence-electron chi connectivity index (χ0n) is 10.0. The highest BCUT2D eigenvalue weighted by Crippen LogP contribution is 2.26. The molecule has 1 unspecified atom stereocenters. The molecule has 102 valence electrons. The van der Waals surface area contributed by atoms with Crippen LogP contribution >= 0.6 is 0 Å². The first-order valence-corrected chi connectivity index (χ1v) is 5.48. The molecule has 1 aromatic carbocycles. The van der Waals surface area contributed by atoms with Crippen LogP contribution in [-0.2, 0) is 11.3 Å². The van der Waals surface area contributed by atoms with Gasteiger partial charge < -0.3 is 15.2 Å². The topological polar surface area (TPSA) is 44.5 Å². The molecule has 0 fully saturated rings. The van der Waals surface area contributed by atoms with Crippen LogP contribution in [0.15, 0.2) is 24.3 Å². The molecule has 0 amide bonds. The van der Waals surface area contributed by atoms with Crippen molar-refractivity contribution < 1.29 is 22.6 Å². The van der Waals surface area contributed by atoms with Crippen LogP contribution in [-0.4, -0.2) is 25.9 Å². The van der Waals surface area contributed by atoms with E-state index in [0.717, 1.165) is 0 Å². The molecule has 0 saturated carbocycles. The minimum atomic E-state index is -4.38. The molecule has 18 heavy (non-hydrogen) atoms. The average molecular weight is 263 g/mol. The number of ether oxygens (including phenoxy) is 2. The summed E-state index contributed by atoms with van der Waals surface area (Å²) >= 11 is 0. The molecule has 0 saturated heterocycles. The first kappa shape index (κ1) is 14.8. The van der Waals surface area contributed by atoms with E-state index in [0.29, 0.717) is 11.3 Å². The van der Waals surface area contributed by atoms with Crippen molar-refractivity contribution in [1.29, 1.82) is 0 Å². The molecule has 0 heterocycles. The quantitative estimate of drug-likeness (QED) is 0.857. The summed E-state index contributed by atoms with van der Waals surface area (Å²) in [7, 11) is 1.52. The minimum absolute atomic E-state index is 0.0627. The van der Waals surface area contributed by atoms with Crippen molar-refractivity contribution in [2.75, 3.05) is 13.7 Å². The van der Waals surface area contributed by atoms with Crippen LogP contribution < -0.4 is 10.5 Å². The van der Waals surface area contributed by atoms with Crippen LogP contribution in [0, 0.1) is 0 Å². The summed E-state index contributed by atoms with van der Waals surface area (Å²) in [6, 6.07) is 6.66. The first-order chi connectivity index (χ1) is 8.47. The summed E-state index contributed by atoms with van der Waals surface area (Å²) in [5.41, 5.74) is 5.79. The molecule has 0 spiro atoms. The Morgan fingerprint density at radius 1 is 1.22 bits per heavy atom. The number of nitrogens with two attached hydrogens (primary N) is 1. The van der Waals surface area contributed by atoms with E-state index >= 15 is 0 Å². The summed E-state index contributed by atoms with van der Waals surface area (Å²) in [6.07, 6.45) is -6.43. The molecular formula is C12H16F3NO2. The van der Waals surface area contributed by atoms with E-state index in [4.69, 9.17) is 15.2 Å². The predicted octanol–water partition coefficient (Wildman–Crippen LogP) is 2.49. The number of halogens is 3. The third-order valence-electron chi connectivity index (χ3n) is 2.40. The molecular weight excluding hydrogens is 247 g/mol. The van der Waals surface area contributed by atoms with E-state index in [-0.39, 0.29) is 19.6 Å². The molecule has 6 heteroatoms. The average Bonchev–Trinajstić information content (AvgIpc) is 2.33. The highest BCUT2D eigenvalue weighted by atomic mass is 19.4. The van der Waals surface area contributed by atoms with E-state index in [1.54, 1.807) is 24.3 Å². The van der Waals surface area contributed by atoms with E-state index < -0.39 is 12.3 Å². The number of rotatable bonds is 6. The van der Waals surface area contributed by atoms with Gasteiger partial charge in [-0.1, -0.05) is 12.1 Å². The van der Waals surface area contributed by atoms with Crippen LogP contribution in [0.3, 0.4) is 0 Å². The van der Waals surface area contributed by atoms with Gasteiger partial charge in [-0.2, -0.15) is 13.2 Å². The number of benzene rings is 1. The maximum Gasteiger partial charge on any atom is 0.414 e. The van der Waals surface area contributed by atoms with Gasteiger partial charge in [-0.25, -0.2) is 0 Å². The lowest BCUT2D eigenvalue weighted by molar-refractivity contribution is -0.224. The highest BCUT2D eigenvalue weighted by molar-refractivity contribution is 5.26. The first-order valence-electron chi connectivity index (χ1n) is 5.48. The third kappa shape index (κ3) is 4.54. The van der Waals surface area contributed by atoms with Gasteiger partial charge in [0.05, 0.1) is 13.7 Å². The molecule has 3 nitrogen and oxygen atoms in total. The van der Waals surface area contributed by atoms with Crippen LogP contribution in [0.4, 0.5) is 13.2 Å². The zero-order valence-corrected chi connectivity index (χ0v) is 10.0. The number of methoxy groups -OCH3 is 1. The Hall–Kier alpha value is -1.27. The molecule has 0 aliphatic heterocycles. The Labute approximate surface area is 104 Å². The number of hydrogen-bond donors (Lipinski definition) is 1. The Morgan fingerprint density at radius 2 is 1.83 bits per heavy atom. The summed E-state index contributed by atoms with van der Waals surface area (Å²) in [6.45, 7) is -0.166. The smallest absolute Gasteiger partial charge is 0.414 e.